The maximum absolute atomic E-state index is 12.6. The van der Waals surface area contributed by atoms with Gasteiger partial charge in [-0.25, -0.2) is 5.06 Å². The second kappa shape index (κ2) is 6.36. The molecule has 2 unspecified atom stereocenters. The van der Waals surface area contributed by atoms with E-state index in [1.165, 1.54) is 11.1 Å². The highest BCUT2D eigenvalue weighted by Gasteiger charge is 2.57. The predicted molar refractivity (Wildman–Crippen MR) is 105 cm³/mol. The Balaban J connectivity index is 1.72. The van der Waals surface area contributed by atoms with Crippen molar-refractivity contribution in [1.29, 1.82) is 0 Å². The molecular weight excluding hydrogens is 334 g/mol. The Hall–Kier alpha value is -2.91. The van der Waals surface area contributed by atoms with Crippen LogP contribution >= 0.6 is 0 Å². The number of carbonyl (C=O) groups is 1. The third-order valence-corrected chi connectivity index (χ3v) is 5.94. The minimum atomic E-state index is -0.421. The largest absolute Gasteiger partial charge is 0.297 e. The molecule has 3 aromatic rings. The summed E-state index contributed by atoms with van der Waals surface area (Å²) >= 11 is 0. The SMILES string of the molecule is O=C1CC2N(c3ccccc3)OC1CC2(c1ccccc1)c1ccccc1. The number of nitrogens with zero attached hydrogens (tertiary/aromatic N) is 1. The molecule has 2 bridgehead atoms. The van der Waals surface area contributed by atoms with E-state index in [0.29, 0.717) is 12.8 Å². The van der Waals surface area contributed by atoms with Crippen LogP contribution in [-0.4, -0.2) is 17.9 Å². The summed E-state index contributed by atoms with van der Waals surface area (Å²) in [4.78, 5) is 18.8. The van der Waals surface area contributed by atoms with Crippen LogP contribution in [0.1, 0.15) is 24.0 Å². The van der Waals surface area contributed by atoms with Gasteiger partial charge in [-0.1, -0.05) is 78.9 Å². The molecule has 27 heavy (non-hydrogen) atoms. The molecule has 2 heterocycles. The van der Waals surface area contributed by atoms with Crippen molar-refractivity contribution >= 4 is 11.5 Å². The summed E-state index contributed by atoms with van der Waals surface area (Å²) in [6.07, 6.45) is 0.743. The van der Waals surface area contributed by atoms with Gasteiger partial charge in [0.05, 0.1) is 11.7 Å². The number of para-hydroxylation sites is 1. The fourth-order valence-corrected chi connectivity index (χ4v) is 4.70. The molecule has 3 aliphatic rings. The molecule has 0 spiro atoms. The first-order valence-corrected chi connectivity index (χ1v) is 9.44. The van der Waals surface area contributed by atoms with E-state index in [0.717, 1.165) is 5.69 Å². The summed E-state index contributed by atoms with van der Waals surface area (Å²) in [7, 11) is 0. The molecule has 1 saturated carbocycles. The molecule has 3 nitrogen and oxygen atoms in total. The second-order valence-electron chi connectivity index (χ2n) is 7.35. The standard InChI is InChI=1S/C24H21NO2/c26-21-16-23-24(18-10-4-1-5-11-18,19-12-6-2-7-13-19)17-22(21)27-25(23)20-14-8-3-9-15-20/h1-15,22-23H,16-17H2. The molecule has 2 aliphatic heterocycles. The lowest BCUT2D eigenvalue weighted by molar-refractivity contribution is -0.152. The van der Waals surface area contributed by atoms with Crippen LogP contribution in [0.2, 0.25) is 0 Å². The van der Waals surface area contributed by atoms with Crippen molar-refractivity contribution in [3.05, 3.63) is 102 Å². The van der Waals surface area contributed by atoms with E-state index in [2.05, 4.69) is 48.5 Å². The first-order chi connectivity index (χ1) is 13.3. The van der Waals surface area contributed by atoms with E-state index in [-0.39, 0.29) is 17.2 Å². The molecule has 0 aromatic heterocycles. The number of hydrogen-bond acceptors (Lipinski definition) is 3. The van der Waals surface area contributed by atoms with Gasteiger partial charge < -0.3 is 0 Å². The Kier molecular flexibility index (Phi) is 3.83. The summed E-state index contributed by atoms with van der Waals surface area (Å²) < 4.78 is 0. The Bertz CT molecular complexity index is 900. The third kappa shape index (κ3) is 2.50. The van der Waals surface area contributed by atoms with Crippen LogP contribution in [-0.2, 0) is 15.0 Å². The summed E-state index contributed by atoms with van der Waals surface area (Å²) in [6.45, 7) is 0. The number of benzene rings is 3. The Labute approximate surface area is 159 Å². The lowest BCUT2D eigenvalue weighted by Crippen LogP contribution is -2.65. The van der Waals surface area contributed by atoms with Crippen LogP contribution in [0.25, 0.3) is 0 Å². The van der Waals surface area contributed by atoms with Crippen LogP contribution in [0.15, 0.2) is 91.0 Å². The van der Waals surface area contributed by atoms with Gasteiger partial charge >= 0.3 is 0 Å². The zero-order chi connectivity index (χ0) is 18.3. The molecule has 2 atom stereocenters. The average Bonchev–Trinajstić information content (AvgIpc) is 2.76. The van der Waals surface area contributed by atoms with Crippen molar-refractivity contribution < 1.29 is 9.63 Å². The lowest BCUT2D eigenvalue weighted by atomic mass is 9.60. The molecule has 3 fully saturated rings. The van der Waals surface area contributed by atoms with Crippen molar-refractivity contribution in [1.82, 2.24) is 0 Å². The van der Waals surface area contributed by atoms with Gasteiger partial charge in [-0.2, -0.15) is 0 Å². The normalized spacial score (nSPS) is 23.4. The number of anilines is 1. The highest BCUT2D eigenvalue weighted by molar-refractivity contribution is 5.88. The summed E-state index contributed by atoms with van der Waals surface area (Å²) in [5, 5.41) is 1.98. The summed E-state index contributed by atoms with van der Waals surface area (Å²) in [5.74, 6) is 0.203. The summed E-state index contributed by atoms with van der Waals surface area (Å²) in [5.41, 5.74) is 3.19. The minimum Gasteiger partial charge on any atom is -0.297 e. The van der Waals surface area contributed by atoms with E-state index in [1.54, 1.807) is 0 Å². The van der Waals surface area contributed by atoms with Crippen LogP contribution < -0.4 is 5.06 Å². The van der Waals surface area contributed by atoms with Crippen LogP contribution in [0.5, 0.6) is 0 Å². The number of hydrogen-bond donors (Lipinski definition) is 0. The van der Waals surface area contributed by atoms with Crippen molar-refractivity contribution in [2.24, 2.45) is 0 Å². The van der Waals surface area contributed by atoms with E-state index < -0.39 is 6.10 Å². The topological polar surface area (TPSA) is 29.5 Å². The van der Waals surface area contributed by atoms with Gasteiger partial charge in [0.2, 0.25) is 0 Å². The molecule has 0 radical (unpaired) electrons. The highest BCUT2D eigenvalue weighted by atomic mass is 16.7. The van der Waals surface area contributed by atoms with Crippen molar-refractivity contribution in [2.75, 3.05) is 5.06 Å². The number of hydroxylamine groups is 1. The van der Waals surface area contributed by atoms with Gasteiger partial charge in [0.1, 0.15) is 6.10 Å². The zero-order valence-electron chi connectivity index (χ0n) is 15.0. The first-order valence-electron chi connectivity index (χ1n) is 9.44. The zero-order valence-corrected chi connectivity index (χ0v) is 15.0. The molecule has 3 heteroatoms. The van der Waals surface area contributed by atoms with Gasteiger partial charge in [-0.05, 0) is 29.7 Å². The maximum Gasteiger partial charge on any atom is 0.166 e. The van der Waals surface area contributed by atoms with E-state index in [4.69, 9.17) is 4.84 Å². The molecular formula is C24H21NO2. The fourth-order valence-electron chi connectivity index (χ4n) is 4.70. The van der Waals surface area contributed by atoms with Gasteiger partial charge in [0.15, 0.2) is 5.78 Å². The quantitative estimate of drug-likeness (QED) is 0.692. The Morgan fingerprint density at radius 3 is 1.81 bits per heavy atom. The second-order valence-corrected chi connectivity index (χ2v) is 7.35. The molecule has 6 rings (SSSR count). The van der Waals surface area contributed by atoms with Gasteiger partial charge in [-0.3, -0.25) is 9.63 Å². The number of fused-ring (bicyclic) bond motifs is 3. The van der Waals surface area contributed by atoms with Crippen molar-refractivity contribution in [3.8, 4) is 0 Å². The smallest absolute Gasteiger partial charge is 0.166 e. The first kappa shape index (κ1) is 16.3. The van der Waals surface area contributed by atoms with E-state index >= 15 is 0 Å². The molecule has 2 saturated heterocycles. The van der Waals surface area contributed by atoms with E-state index in [1.807, 2.05) is 47.5 Å². The van der Waals surface area contributed by atoms with Crippen LogP contribution in [0.3, 0.4) is 0 Å². The summed E-state index contributed by atoms with van der Waals surface area (Å²) in [6, 6.07) is 31.2. The lowest BCUT2D eigenvalue weighted by Gasteiger charge is -2.56. The van der Waals surface area contributed by atoms with Gasteiger partial charge in [0.25, 0.3) is 0 Å². The van der Waals surface area contributed by atoms with Gasteiger partial charge in [-0.15, -0.1) is 0 Å². The number of Topliss-reactive ketones (excluding diaryl/α,β-unsaturated/α-hetero) is 1. The van der Waals surface area contributed by atoms with Crippen LogP contribution in [0.4, 0.5) is 5.69 Å². The average molecular weight is 355 g/mol. The number of carbonyl (C=O) groups excluding carboxylic acids is 1. The molecule has 0 N–H and O–H groups in total. The number of rotatable bonds is 3. The van der Waals surface area contributed by atoms with Crippen molar-refractivity contribution in [2.45, 2.75) is 30.4 Å². The third-order valence-electron chi connectivity index (χ3n) is 5.94. The minimum absolute atomic E-state index is 0.0813. The monoisotopic (exact) mass is 355 g/mol. The molecule has 1 aliphatic carbocycles. The van der Waals surface area contributed by atoms with E-state index in [9.17, 15) is 4.79 Å². The van der Waals surface area contributed by atoms with Crippen molar-refractivity contribution in [3.63, 3.8) is 0 Å². The molecule has 3 aromatic carbocycles. The maximum atomic E-state index is 12.6. The highest BCUT2D eigenvalue weighted by Crippen LogP contribution is 2.51. The fraction of sp³-hybridized carbons (Fsp3) is 0.208. The molecule has 134 valence electrons. The predicted octanol–water partition coefficient (Wildman–Crippen LogP) is 4.52. The Morgan fingerprint density at radius 1 is 0.778 bits per heavy atom. The van der Waals surface area contributed by atoms with Gasteiger partial charge in [0, 0.05) is 11.8 Å². The molecule has 0 amide bonds. The van der Waals surface area contributed by atoms with Crippen LogP contribution in [0, 0.1) is 0 Å². The Morgan fingerprint density at radius 2 is 1.30 bits per heavy atom. The number of ketones is 1.